The third-order valence-corrected chi connectivity index (χ3v) is 9.00. The van der Waals surface area contributed by atoms with Crippen LogP contribution in [0.2, 0.25) is 0 Å². The number of anilines is 1. The quantitative estimate of drug-likeness (QED) is 0.727. The third kappa shape index (κ3) is 5.54. The fraction of sp³-hybridized carbons (Fsp3) is 0.619. The number of amides is 2. The zero-order valence-electron chi connectivity index (χ0n) is 17.1. The molecule has 0 saturated heterocycles. The lowest BCUT2D eigenvalue weighted by atomic mass is 9.96. The van der Waals surface area contributed by atoms with Crippen LogP contribution in [0.15, 0.2) is 28.0 Å². The molecule has 1 aromatic rings. The van der Waals surface area contributed by atoms with E-state index in [1.54, 1.807) is 19.1 Å². The standard InChI is InChI=1S/C21H30N2O4S2/c1-14(12-20(24)22-16-8-6-4-3-5-7-9-16)29(26,27)17-10-11-19-18(13-17)23-21(25)15(2)28-19/h10-11,13-16H,3-9,12H2,1-2H3,(H,22,24)(H,23,25)/t14-,15+/m0/s1. The van der Waals surface area contributed by atoms with Gasteiger partial charge in [0.2, 0.25) is 11.8 Å². The Bertz CT molecular complexity index is 861. The highest BCUT2D eigenvalue weighted by molar-refractivity contribution is 8.01. The number of rotatable bonds is 5. The van der Waals surface area contributed by atoms with Gasteiger partial charge in [0.1, 0.15) is 0 Å². The predicted molar refractivity (Wildman–Crippen MR) is 116 cm³/mol. The molecule has 0 radical (unpaired) electrons. The molecule has 2 atom stereocenters. The lowest BCUT2D eigenvalue weighted by Crippen LogP contribution is -2.37. The number of sulfone groups is 1. The van der Waals surface area contributed by atoms with Crippen molar-refractivity contribution in [3.63, 3.8) is 0 Å². The van der Waals surface area contributed by atoms with Crippen LogP contribution in [0.5, 0.6) is 0 Å². The van der Waals surface area contributed by atoms with Crippen LogP contribution in [-0.4, -0.2) is 36.8 Å². The third-order valence-electron chi connectivity index (χ3n) is 5.68. The zero-order chi connectivity index (χ0) is 21.0. The Kier molecular flexibility index (Phi) is 7.27. The van der Waals surface area contributed by atoms with Crippen molar-refractivity contribution in [1.29, 1.82) is 0 Å². The maximum atomic E-state index is 13.0. The number of carbonyl (C=O) groups is 2. The molecule has 2 aliphatic rings. The molecule has 1 heterocycles. The molecule has 3 rings (SSSR count). The molecule has 1 aliphatic carbocycles. The lowest BCUT2D eigenvalue weighted by Gasteiger charge is -2.23. The average molecular weight is 439 g/mol. The summed E-state index contributed by atoms with van der Waals surface area (Å²) in [6, 6.07) is 4.94. The van der Waals surface area contributed by atoms with Crippen molar-refractivity contribution in [1.82, 2.24) is 5.32 Å². The second-order valence-electron chi connectivity index (χ2n) is 8.08. The highest BCUT2D eigenvalue weighted by Crippen LogP contribution is 2.37. The van der Waals surface area contributed by atoms with E-state index < -0.39 is 15.1 Å². The molecule has 2 amide bonds. The van der Waals surface area contributed by atoms with Gasteiger partial charge < -0.3 is 10.6 Å². The van der Waals surface area contributed by atoms with Gasteiger partial charge in [-0.2, -0.15) is 0 Å². The molecule has 160 valence electrons. The molecule has 6 nitrogen and oxygen atoms in total. The molecule has 0 spiro atoms. The van der Waals surface area contributed by atoms with E-state index in [1.807, 2.05) is 6.92 Å². The van der Waals surface area contributed by atoms with E-state index in [0.29, 0.717) is 5.69 Å². The molecule has 1 saturated carbocycles. The topological polar surface area (TPSA) is 92.3 Å². The van der Waals surface area contributed by atoms with E-state index in [2.05, 4.69) is 10.6 Å². The van der Waals surface area contributed by atoms with E-state index in [1.165, 1.54) is 37.1 Å². The van der Waals surface area contributed by atoms with E-state index >= 15 is 0 Å². The number of nitrogens with one attached hydrogen (secondary N) is 2. The maximum Gasteiger partial charge on any atom is 0.237 e. The van der Waals surface area contributed by atoms with E-state index in [4.69, 9.17) is 0 Å². The molecule has 0 aromatic heterocycles. The Morgan fingerprint density at radius 2 is 1.86 bits per heavy atom. The monoisotopic (exact) mass is 438 g/mol. The van der Waals surface area contributed by atoms with Crippen LogP contribution in [0.3, 0.4) is 0 Å². The zero-order valence-corrected chi connectivity index (χ0v) is 18.7. The van der Waals surface area contributed by atoms with Crippen LogP contribution in [0.1, 0.15) is 65.2 Å². The number of hydrogen-bond donors (Lipinski definition) is 2. The Morgan fingerprint density at radius 1 is 1.21 bits per heavy atom. The molecule has 0 unspecified atom stereocenters. The molecule has 1 aliphatic heterocycles. The van der Waals surface area contributed by atoms with Crippen molar-refractivity contribution in [2.24, 2.45) is 0 Å². The van der Waals surface area contributed by atoms with Crippen molar-refractivity contribution >= 4 is 39.1 Å². The summed E-state index contributed by atoms with van der Waals surface area (Å²) in [6.45, 7) is 3.38. The van der Waals surface area contributed by atoms with Crippen molar-refractivity contribution in [3.8, 4) is 0 Å². The van der Waals surface area contributed by atoms with Crippen LogP contribution < -0.4 is 10.6 Å². The Morgan fingerprint density at radius 3 is 2.55 bits per heavy atom. The first-order valence-electron chi connectivity index (χ1n) is 10.4. The largest absolute Gasteiger partial charge is 0.353 e. The summed E-state index contributed by atoms with van der Waals surface area (Å²) >= 11 is 1.41. The highest BCUT2D eigenvalue weighted by Gasteiger charge is 2.29. The van der Waals surface area contributed by atoms with Crippen LogP contribution in [-0.2, 0) is 19.4 Å². The van der Waals surface area contributed by atoms with Crippen LogP contribution >= 0.6 is 11.8 Å². The summed E-state index contributed by atoms with van der Waals surface area (Å²) in [5.41, 5.74) is 0.519. The summed E-state index contributed by atoms with van der Waals surface area (Å²) in [6.07, 6.45) is 7.74. The van der Waals surface area contributed by atoms with Gasteiger partial charge in [-0.3, -0.25) is 9.59 Å². The summed E-state index contributed by atoms with van der Waals surface area (Å²) in [4.78, 5) is 25.4. The molecular formula is C21H30N2O4S2. The van der Waals surface area contributed by atoms with Crippen molar-refractivity contribution in [2.45, 2.75) is 91.5 Å². The van der Waals surface area contributed by atoms with Gasteiger partial charge in [0.25, 0.3) is 0 Å². The molecule has 8 heteroatoms. The summed E-state index contributed by atoms with van der Waals surface area (Å²) < 4.78 is 26.0. The molecule has 1 fully saturated rings. The van der Waals surface area contributed by atoms with E-state index in [9.17, 15) is 18.0 Å². The first-order chi connectivity index (χ1) is 13.8. The Balaban J connectivity index is 1.65. The molecule has 0 bridgehead atoms. The van der Waals surface area contributed by atoms with Crippen molar-refractivity contribution in [3.05, 3.63) is 18.2 Å². The van der Waals surface area contributed by atoms with Crippen molar-refractivity contribution < 1.29 is 18.0 Å². The number of fused-ring (bicyclic) bond motifs is 1. The van der Waals surface area contributed by atoms with Gasteiger partial charge in [0, 0.05) is 17.4 Å². The minimum absolute atomic E-state index is 0.0614. The van der Waals surface area contributed by atoms with Crippen molar-refractivity contribution in [2.75, 3.05) is 5.32 Å². The number of carbonyl (C=O) groups excluding carboxylic acids is 2. The first-order valence-corrected chi connectivity index (χ1v) is 12.8. The molecule has 2 N–H and O–H groups in total. The van der Waals surface area contributed by atoms with Crippen LogP contribution in [0, 0.1) is 0 Å². The summed E-state index contributed by atoms with van der Waals surface area (Å²) in [5, 5.41) is 4.76. The van der Waals surface area contributed by atoms with Gasteiger partial charge in [0.05, 0.1) is 21.1 Å². The lowest BCUT2D eigenvalue weighted by molar-refractivity contribution is -0.122. The van der Waals surface area contributed by atoms with Gasteiger partial charge in [-0.1, -0.05) is 32.1 Å². The Labute approximate surface area is 177 Å². The smallest absolute Gasteiger partial charge is 0.237 e. The second kappa shape index (κ2) is 9.51. The van der Waals surface area contributed by atoms with Gasteiger partial charge in [-0.15, -0.1) is 11.8 Å². The number of thioether (sulfide) groups is 1. The van der Waals surface area contributed by atoms with Gasteiger partial charge in [-0.05, 0) is 44.9 Å². The number of benzene rings is 1. The van der Waals surface area contributed by atoms with Gasteiger partial charge in [0.15, 0.2) is 9.84 Å². The van der Waals surface area contributed by atoms with Gasteiger partial charge in [-0.25, -0.2) is 8.42 Å². The fourth-order valence-electron chi connectivity index (χ4n) is 3.86. The fourth-order valence-corrected chi connectivity index (χ4v) is 6.16. The predicted octanol–water partition coefficient (Wildman–Crippen LogP) is 3.90. The first kappa shape index (κ1) is 22.2. The summed E-state index contributed by atoms with van der Waals surface area (Å²) in [5.74, 6) is -0.342. The summed E-state index contributed by atoms with van der Waals surface area (Å²) in [7, 11) is -3.67. The number of hydrogen-bond acceptors (Lipinski definition) is 5. The van der Waals surface area contributed by atoms with Gasteiger partial charge >= 0.3 is 0 Å². The second-order valence-corrected chi connectivity index (χ2v) is 11.8. The molecular weight excluding hydrogens is 408 g/mol. The van der Waals surface area contributed by atoms with E-state index in [-0.39, 0.29) is 34.4 Å². The van der Waals surface area contributed by atoms with Crippen LogP contribution in [0.4, 0.5) is 5.69 Å². The van der Waals surface area contributed by atoms with Crippen LogP contribution in [0.25, 0.3) is 0 Å². The Hall–Kier alpha value is -1.54. The minimum atomic E-state index is -3.67. The minimum Gasteiger partial charge on any atom is -0.353 e. The normalized spacial score (nSPS) is 22.0. The van der Waals surface area contributed by atoms with E-state index in [0.717, 1.165) is 30.6 Å². The average Bonchev–Trinajstić information content (AvgIpc) is 2.64. The molecule has 29 heavy (non-hydrogen) atoms. The molecule has 1 aromatic carbocycles. The highest BCUT2D eigenvalue weighted by atomic mass is 32.2. The maximum absolute atomic E-state index is 13.0. The SMILES string of the molecule is C[C@H]1Sc2ccc(S(=O)(=O)[C@@H](C)CC(=O)NC3CCCCCCC3)cc2NC1=O.